The molecule has 0 spiro atoms. The molecule has 2 rings (SSSR count). The van der Waals surface area contributed by atoms with Gasteiger partial charge in [-0.1, -0.05) is 15.9 Å². The number of nitrogens with two attached hydrogens (primary N) is 1. The smallest absolute Gasteiger partial charge is 0.245 e. The molecule has 1 unspecified atom stereocenters. The largest absolute Gasteiger partial charge is 0.398 e. The number of hydrogen-bond donors (Lipinski definition) is 1. The Hall–Kier alpha value is -0.630. The molecule has 1 aromatic rings. The van der Waals surface area contributed by atoms with Crippen molar-refractivity contribution in [3.05, 3.63) is 22.7 Å². The van der Waals surface area contributed by atoms with Crippen molar-refractivity contribution in [2.75, 3.05) is 25.9 Å². The summed E-state index contributed by atoms with van der Waals surface area (Å²) in [5.41, 5.74) is 6.07. The monoisotopic (exact) mass is 348 g/mol. The molecule has 19 heavy (non-hydrogen) atoms. The first-order chi connectivity index (χ1) is 8.95. The summed E-state index contributed by atoms with van der Waals surface area (Å²) in [7, 11) is -1.94. The molecular formula is C12H17BrN2O3S. The van der Waals surface area contributed by atoms with E-state index < -0.39 is 10.0 Å². The first kappa shape index (κ1) is 14.8. The van der Waals surface area contributed by atoms with Crippen LogP contribution >= 0.6 is 15.9 Å². The van der Waals surface area contributed by atoms with Crippen molar-refractivity contribution in [3.63, 3.8) is 0 Å². The molecule has 0 bridgehead atoms. The van der Waals surface area contributed by atoms with Crippen LogP contribution in [-0.2, 0) is 14.8 Å². The van der Waals surface area contributed by atoms with Gasteiger partial charge in [0, 0.05) is 24.7 Å². The highest BCUT2D eigenvalue weighted by Gasteiger charge is 2.31. The second kappa shape index (κ2) is 5.78. The maximum Gasteiger partial charge on any atom is 0.245 e. The molecule has 2 N–H and O–H groups in total. The number of nitrogens with zero attached hydrogens (tertiary/aromatic N) is 1. The van der Waals surface area contributed by atoms with Gasteiger partial charge in [0.25, 0.3) is 0 Å². The van der Waals surface area contributed by atoms with Crippen molar-refractivity contribution in [2.24, 2.45) is 0 Å². The third-order valence-corrected chi connectivity index (χ3v) is 5.70. The number of ether oxygens (including phenoxy) is 1. The van der Waals surface area contributed by atoms with Crippen LogP contribution in [0.2, 0.25) is 0 Å². The molecule has 0 aliphatic carbocycles. The summed E-state index contributed by atoms with van der Waals surface area (Å²) in [6.07, 6.45) is 1.65. The summed E-state index contributed by atoms with van der Waals surface area (Å²) in [4.78, 5) is 0.160. The van der Waals surface area contributed by atoms with Gasteiger partial charge in [0.05, 0.1) is 11.8 Å². The molecule has 7 heteroatoms. The molecule has 1 aliphatic rings. The maximum absolute atomic E-state index is 12.6. The van der Waals surface area contributed by atoms with Crippen molar-refractivity contribution in [1.82, 2.24) is 4.31 Å². The zero-order valence-corrected chi connectivity index (χ0v) is 13.1. The van der Waals surface area contributed by atoms with E-state index in [0.717, 1.165) is 17.3 Å². The molecule has 106 valence electrons. The molecule has 5 nitrogen and oxygen atoms in total. The van der Waals surface area contributed by atoms with Crippen LogP contribution < -0.4 is 5.73 Å². The zero-order valence-electron chi connectivity index (χ0n) is 10.7. The SMILES string of the molecule is COC1CCCN(S(=O)(=O)c2ccc(Br)cc2N)C1. The molecule has 1 atom stereocenters. The van der Waals surface area contributed by atoms with Crippen LogP contribution in [0.25, 0.3) is 0 Å². The van der Waals surface area contributed by atoms with Gasteiger partial charge in [-0.15, -0.1) is 0 Å². The molecule has 1 aromatic carbocycles. The number of halogens is 1. The summed E-state index contributed by atoms with van der Waals surface area (Å²) in [5, 5.41) is 0. The Balaban J connectivity index is 2.31. The lowest BCUT2D eigenvalue weighted by atomic mass is 10.1. The summed E-state index contributed by atoms with van der Waals surface area (Å²) in [6.45, 7) is 0.895. The first-order valence-corrected chi connectivity index (χ1v) is 8.26. The van der Waals surface area contributed by atoms with Crippen LogP contribution in [0.15, 0.2) is 27.6 Å². The lowest BCUT2D eigenvalue weighted by Crippen LogP contribution is -2.42. The summed E-state index contributed by atoms with van der Waals surface area (Å²) in [5.74, 6) is 0. The van der Waals surface area contributed by atoms with E-state index in [0.29, 0.717) is 13.1 Å². The van der Waals surface area contributed by atoms with Gasteiger partial charge < -0.3 is 10.5 Å². The van der Waals surface area contributed by atoms with Crippen molar-refractivity contribution in [3.8, 4) is 0 Å². The van der Waals surface area contributed by atoms with Gasteiger partial charge in [0.1, 0.15) is 4.90 Å². The minimum absolute atomic E-state index is 0.0415. The van der Waals surface area contributed by atoms with Gasteiger partial charge in [-0.3, -0.25) is 0 Å². The van der Waals surface area contributed by atoms with E-state index in [-0.39, 0.29) is 16.7 Å². The van der Waals surface area contributed by atoms with E-state index in [1.807, 2.05) is 0 Å². The highest BCUT2D eigenvalue weighted by molar-refractivity contribution is 9.10. The van der Waals surface area contributed by atoms with Crippen molar-refractivity contribution < 1.29 is 13.2 Å². The fourth-order valence-corrected chi connectivity index (χ4v) is 4.19. The predicted octanol–water partition coefficient (Wildman–Crippen LogP) is 1.83. The van der Waals surface area contributed by atoms with Gasteiger partial charge in [-0.2, -0.15) is 4.31 Å². The number of rotatable bonds is 3. The zero-order chi connectivity index (χ0) is 14.0. The Kier molecular flexibility index (Phi) is 4.50. The number of hydrogen-bond acceptors (Lipinski definition) is 4. The molecule has 1 saturated heterocycles. The number of anilines is 1. The Morgan fingerprint density at radius 3 is 2.84 bits per heavy atom. The van der Waals surface area contributed by atoms with Gasteiger partial charge in [0.15, 0.2) is 0 Å². The third-order valence-electron chi connectivity index (χ3n) is 3.26. The summed E-state index contributed by atoms with van der Waals surface area (Å²) in [6, 6.07) is 4.82. The first-order valence-electron chi connectivity index (χ1n) is 6.03. The Labute approximate surface area is 121 Å². The Bertz CT molecular complexity index is 562. The minimum Gasteiger partial charge on any atom is -0.398 e. The van der Waals surface area contributed by atoms with Crippen molar-refractivity contribution >= 4 is 31.6 Å². The van der Waals surface area contributed by atoms with Crippen molar-refractivity contribution in [1.29, 1.82) is 0 Å². The fraction of sp³-hybridized carbons (Fsp3) is 0.500. The van der Waals surface area contributed by atoms with Crippen LogP contribution in [0.4, 0.5) is 5.69 Å². The summed E-state index contributed by atoms with van der Waals surface area (Å²) < 4.78 is 32.6. The van der Waals surface area contributed by atoms with E-state index in [4.69, 9.17) is 10.5 Å². The fourth-order valence-electron chi connectivity index (χ4n) is 2.21. The molecule has 1 fully saturated rings. The van der Waals surface area contributed by atoms with Crippen LogP contribution in [0.3, 0.4) is 0 Å². The number of methoxy groups -OCH3 is 1. The molecule has 1 heterocycles. The highest BCUT2D eigenvalue weighted by atomic mass is 79.9. The molecule has 0 saturated carbocycles. The molecule has 0 amide bonds. The van der Waals surface area contributed by atoms with Gasteiger partial charge in [-0.25, -0.2) is 8.42 Å². The van der Waals surface area contributed by atoms with Gasteiger partial charge in [-0.05, 0) is 31.0 Å². The van der Waals surface area contributed by atoms with Crippen molar-refractivity contribution in [2.45, 2.75) is 23.8 Å². The number of benzene rings is 1. The maximum atomic E-state index is 12.6. The molecule has 1 aliphatic heterocycles. The Morgan fingerprint density at radius 1 is 1.47 bits per heavy atom. The number of sulfonamides is 1. The second-order valence-electron chi connectivity index (χ2n) is 4.55. The standard InChI is InChI=1S/C12H17BrN2O3S/c1-18-10-3-2-6-15(8-10)19(16,17)12-5-4-9(13)7-11(12)14/h4-5,7,10H,2-3,6,8,14H2,1H3. The van der Waals surface area contributed by atoms with E-state index in [1.54, 1.807) is 19.2 Å². The molecule has 0 radical (unpaired) electrons. The van der Waals surface area contributed by atoms with E-state index >= 15 is 0 Å². The molecule has 0 aromatic heterocycles. The quantitative estimate of drug-likeness (QED) is 0.845. The van der Waals surface area contributed by atoms with Gasteiger partial charge in [0.2, 0.25) is 10.0 Å². The normalized spacial score (nSPS) is 21.5. The average molecular weight is 349 g/mol. The number of piperidine rings is 1. The van der Waals surface area contributed by atoms with E-state index in [9.17, 15) is 8.42 Å². The van der Waals surface area contributed by atoms with E-state index in [1.165, 1.54) is 10.4 Å². The van der Waals surface area contributed by atoms with Crippen LogP contribution in [-0.4, -0.2) is 39.0 Å². The minimum atomic E-state index is -3.54. The number of nitrogen functional groups attached to an aromatic ring is 1. The lowest BCUT2D eigenvalue weighted by Gasteiger charge is -2.31. The van der Waals surface area contributed by atoms with Crippen LogP contribution in [0.1, 0.15) is 12.8 Å². The lowest BCUT2D eigenvalue weighted by molar-refractivity contribution is 0.0572. The predicted molar refractivity (Wildman–Crippen MR) is 77.3 cm³/mol. The Morgan fingerprint density at radius 2 is 2.21 bits per heavy atom. The van der Waals surface area contributed by atoms with E-state index in [2.05, 4.69) is 15.9 Å². The second-order valence-corrected chi connectivity index (χ2v) is 7.37. The van der Waals surface area contributed by atoms with Gasteiger partial charge >= 0.3 is 0 Å². The van der Waals surface area contributed by atoms with Crippen LogP contribution in [0, 0.1) is 0 Å². The topological polar surface area (TPSA) is 72.6 Å². The summed E-state index contributed by atoms with van der Waals surface area (Å²) >= 11 is 3.27. The van der Waals surface area contributed by atoms with Crippen LogP contribution in [0.5, 0.6) is 0 Å². The average Bonchev–Trinajstić information content (AvgIpc) is 2.38. The molecular weight excluding hydrogens is 332 g/mol. The third kappa shape index (κ3) is 3.10. The highest BCUT2D eigenvalue weighted by Crippen LogP contribution is 2.27.